The van der Waals surface area contributed by atoms with Crippen molar-refractivity contribution in [3.63, 3.8) is 0 Å². The van der Waals surface area contributed by atoms with Crippen LogP contribution in [0.2, 0.25) is 0 Å². The van der Waals surface area contributed by atoms with Crippen LogP contribution in [0.15, 0.2) is 24.3 Å². The normalized spacial score (nSPS) is 24.8. The first-order valence-corrected chi connectivity index (χ1v) is 8.15. The van der Waals surface area contributed by atoms with E-state index in [-0.39, 0.29) is 23.5 Å². The number of likely N-dealkylation sites (N-methyl/N-ethyl adjacent to an activating group) is 1. The Hall–Kier alpha value is -1.95. The van der Waals surface area contributed by atoms with E-state index in [9.17, 15) is 14.0 Å². The van der Waals surface area contributed by atoms with Gasteiger partial charge in [-0.1, -0.05) is 18.6 Å². The molecule has 2 unspecified atom stereocenters. The maximum Gasteiger partial charge on any atom is 0.249 e. The Morgan fingerprint density at radius 2 is 2.09 bits per heavy atom. The van der Waals surface area contributed by atoms with Gasteiger partial charge in [-0.15, -0.1) is 0 Å². The first-order valence-electron chi connectivity index (χ1n) is 8.15. The lowest BCUT2D eigenvalue weighted by Crippen LogP contribution is -2.52. The summed E-state index contributed by atoms with van der Waals surface area (Å²) in [6.45, 7) is 1.27. The van der Waals surface area contributed by atoms with Crippen molar-refractivity contribution in [1.29, 1.82) is 0 Å². The number of nitrogens with zero attached hydrogens (tertiary/aromatic N) is 2. The highest BCUT2D eigenvalue weighted by Gasteiger charge is 2.39. The number of anilines is 1. The molecule has 0 spiro atoms. The van der Waals surface area contributed by atoms with E-state index in [1.165, 1.54) is 15.9 Å². The van der Waals surface area contributed by atoms with Crippen molar-refractivity contribution in [2.45, 2.75) is 37.8 Å². The third-order valence-corrected chi connectivity index (χ3v) is 4.74. The molecule has 1 aromatic carbocycles. The molecule has 6 heteroatoms. The van der Waals surface area contributed by atoms with Crippen LogP contribution in [0.1, 0.15) is 25.7 Å². The van der Waals surface area contributed by atoms with E-state index in [4.69, 9.17) is 0 Å². The number of halogens is 1. The minimum atomic E-state index is -0.508. The minimum absolute atomic E-state index is 0.0431. The first kappa shape index (κ1) is 15.9. The molecule has 0 aliphatic carbocycles. The molecular formula is C17H22FN3O2. The summed E-state index contributed by atoms with van der Waals surface area (Å²) in [6, 6.07) is 5.53. The van der Waals surface area contributed by atoms with Gasteiger partial charge in [0.15, 0.2) is 0 Å². The van der Waals surface area contributed by atoms with E-state index in [1.807, 2.05) is 0 Å². The fraction of sp³-hybridized carbons (Fsp3) is 0.529. The number of benzene rings is 1. The second kappa shape index (κ2) is 6.66. The Bertz CT molecular complexity index is 601. The Balaban J connectivity index is 1.71. The molecule has 0 radical (unpaired) electrons. The Morgan fingerprint density at radius 3 is 2.78 bits per heavy atom. The zero-order chi connectivity index (χ0) is 16.4. The van der Waals surface area contributed by atoms with Gasteiger partial charge in [0.1, 0.15) is 11.9 Å². The van der Waals surface area contributed by atoms with E-state index < -0.39 is 11.9 Å². The van der Waals surface area contributed by atoms with Crippen LogP contribution >= 0.6 is 0 Å². The third-order valence-electron chi connectivity index (χ3n) is 4.74. The van der Waals surface area contributed by atoms with Crippen LogP contribution in [-0.2, 0) is 9.59 Å². The number of carbonyl (C=O) groups is 2. The summed E-state index contributed by atoms with van der Waals surface area (Å²) < 4.78 is 13.9. The summed E-state index contributed by atoms with van der Waals surface area (Å²) in [5.41, 5.74) is 0.289. The van der Waals surface area contributed by atoms with Crippen LogP contribution in [0, 0.1) is 5.82 Å². The van der Waals surface area contributed by atoms with Crippen molar-refractivity contribution in [3.05, 3.63) is 30.1 Å². The molecule has 0 aromatic heterocycles. The predicted octanol–water partition coefficient (Wildman–Crippen LogP) is 1.53. The van der Waals surface area contributed by atoms with E-state index >= 15 is 0 Å². The van der Waals surface area contributed by atoms with Crippen molar-refractivity contribution >= 4 is 17.5 Å². The monoisotopic (exact) mass is 319 g/mol. The number of nitrogens with one attached hydrogen (secondary N) is 1. The molecule has 23 heavy (non-hydrogen) atoms. The van der Waals surface area contributed by atoms with Gasteiger partial charge < -0.3 is 15.1 Å². The van der Waals surface area contributed by atoms with Crippen LogP contribution in [0.25, 0.3) is 0 Å². The molecule has 1 N–H and O–H groups in total. The highest BCUT2D eigenvalue weighted by atomic mass is 19.1. The van der Waals surface area contributed by atoms with Crippen LogP contribution in [-0.4, -0.2) is 48.9 Å². The van der Waals surface area contributed by atoms with Gasteiger partial charge in [-0.3, -0.25) is 9.59 Å². The molecule has 0 bridgehead atoms. The van der Waals surface area contributed by atoms with Gasteiger partial charge in [-0.05, 0) is 37.9 Å². The van der Waals surface area contributed by atoms with Gasteiger partial charge in [0.2, 0.25) is 11.8 Å². The summed E-state index contributed by atoms with van der Waals surface area (Å²) in [5, 5.41) is 3.21. The molecule has 2 saturated heterocycles. The molecule has 2 heterocycles. The van der Waals surface area contributed by atoms with Gasteiger partial charge in [-0.25, -0.2) is 4.39 Å². The average Bonchev–Trinajstić information content (AvgIpc) is 2.96. The number of hydrogen-bond acceptors (Lipinski definition) is 3. The molecular weight excluding hydrogens is 297 g/mol. The van der Waals surface area contributed by atoms with Crippen molar-refractivity contribution in [2.24, 2.45) is 0 Å². The average molecular weight is 319 g/mol. The number of amides is 2. The van der Waals surface area contributed by atoms with Gasteiger partial charge in [-0.2, -0.15) is 0 Å². The van der Waals surface area contributed by atoms with Crippen LogP contribution < -0.4 is 10.2 Å². The second-order valence-corrected chi connectivity index (χ2v) is 6.20. The lowest BCUT2D eigenvalue weighted by molar-refractivity contribution is -0.138. The molecule has 2 atom stereocenters. The number of para-hydroxylation sites is 1. The van der Waals surface area contributed by atoms with Crippen LogP contribution in [0.5, 0.6) is 0 Å². The van der Waals surface area contributed by atoms with Gasteiger partial charge in [0.05, 0.1) is 11.7 Å². The largest absolute Gasteiger partial charge is 0.332 e. The zero-order valence-electron chi connectivity index (χ0n) is 13.3. The Morgan fingerprint density at radius 1 is 1.30 bits per heavy atom. The Labute approximate surface area is 135 Å². The molecule has 5 nitrogen and oxygen atoms in total. The number of rotatable bonds is 3. The lowest BCUT2D eigenvalue weighted by atomic mass is 10.0. The highest BCUT2D eigenvalue weighted by molar-refractivity contribution is 6.01. The third kappa shape index (κ3) is 3.08. The molecule has 0 saturated carbocycles. The molecule has 2 amide bonds. The fourth-order valence-corrected chi connectivity index (χ4v) is 3.40. The summed E-state index contributed by atoms with van der Waals surface area (Å²) in [5.74, 6) is -0.662. The number of hydrogen-bond donors (Lipinski definition) is 1. The molecule has 2 aliphatic heterocycles. The van der Waals surface area contributed by atoms with Gasteiger partial charge in [0, 0.05) is 13.6 Å². The van der Waals surface area contributed by atoms with Crippen molar-refractivity contribution < 1.29 is 14.0 Å². The van der Waals surface area contributed by atoms with E-state index in [0.717, 1.165) is 25.8 Å². The zero-order valence-corrected chi connectivity index (χ0v) is 13.3. The second-order valence-electron chi connectivity index (χ2n) is 6.20. The highest BCUT2D eigenvalue weighted by Crippen LogP contribution is 2.26. The summed E-state index contributed by atoms with van der Waals surface area (Å²) in [4.78, 5) is 28.2. The summed E-state index contributed by atoms with van der Waals surface area (Å²) in [7, 11) is 1.67. The predicted molar refractivity (Wildman–Crippen MR) is 85.6 cm³/mol. The SMILES string of the molecule is CN(C(=O)C1CCCCN1)C1CCN(c2ccccc2F)C1=O. The molecule has 2 fully saturated rings. The van der Waals surface area contributed by atoms with Gasteiger partial charge >= 0.3 is 0 Å². The quantitative estimate of drug-likeness (QED) is 0.919. The first-order chi connectivity index (χ1) is 11.1. The molecule has 1 aromatic rings. The van der Waals surface area contributed by atoms with E-state index in [0.29, 0.717) is 13.0 Å². The number of piperidine rings is 1. The van der Waals surface area contributed by atoms with Crippen LogP contribution in [0.4, 0.5) is 10.1 Å². The minimum Gasteiger partial charge on any atom is -0.332 e. The summed E-state index contributed by atoms with van der Waals surface area (Å²) >= 11 is 0. The fourth-order valence-electron chi connectivity index (χ4n) is 3.40. The van der Waals surface area contributed by atoms with Gasteiger partial charge in [0.25, 0.3) is 0 Å². The molecule has 124 valence electrons. The number of carbonyl (C=O) groups excluding carboxylic acids is 2. The standard InChI is InChI=1S/C17H22FN3O2/c1-20(16(22)13-7-4-5-10-19-13)15-9-11-21(17(15)23)14-8-3-2-6-12(14)18/h2-3,6,8,13,15,19H,4-5,7,9-11H2,1H3. The maximum atomic E-state index is 13.9. The molecule has 2 aliphatic rings. The van der Waals surface area contributed by atoms with Crippen LogP contribution in [0.3, 0.4) is 0 Å². The summed E-state index contributed by atoms with van der Waals surface area (Å²) in [6.07, 6.45) is 3.44. The smallest absolute Gasteiger partial charge is 0.249 e. The van der Waals surface area contributed by atoms with Crippen molar-refractivity contribution in [1.82, 2.24) is 10.2 Å². The van der Waals surface area contributed by atoms with Crippen molar-refractivity contribution in [2.75, 3.05) is 25.0 Å². The Kier molecular flexibility index (Phi) is 4.61. The molecule has 3 rings (SSSR count). The lowest BCUT2D eigenvalue weighted by Gasteiger charge is -2.30. The van der Waals surface area contributed by atoms with E-state index in [2.05, 4.69) is 5.32 Å². The maximum absolute atomic E-state index is 13.9. The topological polar surface area (TPSA) is 52.7 Å². The van der Waals surface area contributed by atoms with Crippen molar-refractivity contribution in [3.8, 4) is 0 Å². The van der Waals surface area contributed by atoms with E-state index in [1.54, 1.807) is 25.2 Å².